The molecule has 0 atom stereocenters. The summed E-state index contributed by atoms with van der Waals surface area (Å²) in [6, 6.07) is 24.6. The number of unbranched alkanes of at least 4 members (excludes halogenated alkanes) is 2. The minimum Gasteiger partial charge on any atom is -0.466 e. The lowest BCUT2D eigenvalue weighted by atomic mass is 9.99. The Kier molecular flexibility index (Phi) is 25.6. The van der Waals surface area contributed by atoms with E-state index >= 15 is 17.6 Å². The third kappa shape index (κ3) is 18.5. The highest BCUT2D eigenvalue weighted by Gasteiger charge is 2.30. The lowest BCUT2D eigenvalue weighted by Crippen LogP contribution is -2.36. The predicted octanol–water partition coefficient (Wildman–Crippen LogP) is 26.9. The quantitative estimate of drug-likeness (QED) is 0.0375. The van der Waals surface area contributed by atoms with Crippen LogP contribution >= 0.6 is 113 Å². The zero-order valence-corrected chi connectivity index (χ0v) is 68.4. The molecule has 1 aliphatic carbocycles. The summed E-state index contributed by atoms with van der Waals surface area (Å²) in [5.74, 6) is 0.0200. The van der Waals surface area contributed by atoms with Crippen molar-refractivity contribution < 1.29 is 46.2 Å². The molecule has 0 radical (unpaired) electrons. The van der Waals surface area contributed by atoms with Gasteiger partial charge in [0.15, 0.2) is 5.78 Å². The van der Waals surface area contributed by atoms with Crippen molar-refractivity contribution in [2.75, 3.05) is 19.8 Å². The fraction of sp³-hybridized carbons (Fsp3) is 0.358. The van der Waals surface area contributed by atoms with E-state index in [4.69, 9.17) is 4.74 Å². The number of ether oxygens (including phenoxy) is 2. The van der Waals surface area contributed by atoms with Crippen LogP contribution in [-0.2, 0) is 49.5 Å². The second kappa shape index (κ2) is 34.0. The first kappa shape index (κ1) is 77.7. The van der Waals surface area contributed by atoms with Crippen molar-refractivity contribution >= 4 is 177 Å². The maximum absolute atomic E-state index is 16.1. The lowest BCUT2D eigenvalue weighted by molar-refractivity contribution is -0.141. The first-order valence-electron chi connectivity index (χ1n) is 34.7. The van der Waals surface area contributed by atoms with Crippen LogP contribution in [0, 0.1) is 60.8 Å². The van der Waals surface area contributed by atoms with Crippen LogP contribution in [0.5, 0.6) is 0 Å². The molecule has 8 nitrogen and oxygen atoms in total. The number of hydrogen-bond acceptors (Lipinski definition) is 16. The minimum absolute atomic E-state index is 0.0977. The van der Waals surface area contributed by atoms with Crippen LogP contribution in [0.2, 0.25) is 0 Å². The number of carbonyl (C=O) groups is 4. The number of nitrogens with one attached hydrogen (secondary N) is 2. The van der Waals surface area contributed by atoms with E-state index in [-0.39, 0.29) is 47.0 Å². The number of ketones is 1. The molecule has 2 aromatic carbocycles. The number of aryl methyl sites for hydroxylation is 2. The molecule has 12 aromatic rings. The Morgan fingerprint density at radius 3 is 1.18 bits per heavy atom. The first-order valence-corrected chi connectivity index (χ1v) is 42.8. The van der Waals surface area contributed by atoms with E-state index in [1.807, 2.05) is 6.92 Å². The molecule has 10 aromatic heterocycles. The van der Waals surface area contributed by atoms with Crippen molar-refractivity contribution in [1.82, 2.24) is 10.6 Å². The van der Waals surface area contributed by atoms with Gasteiger partial charge in [-0.05, 0) is 175 Å². The number of esters is 2. The number of carbonyl (C=O) groups excluding carboxylic acids is 4. The van der Waals surface area contributed by atoms with Crippen molar-refractivity contribution in [3.05, 3.63) is 149 Å². The van der Waals surface area contributed by atoms with Gasteiger partial charge in [0.05, 0.1) is 13.2 Å². The highest BCUT2D eigenvalue weighted by Crippen LogP contribution is 2.58. The fourth-order valence-corrected chi connectivity index (χ4v) is 24.9. The van der Waals surface area contributed by atoms with E-state index in [1.165, 1.54) is 29.7 Å². The minimum atomic E-state index is -0.302. The van der Waals surface area contributed by atoms with E-state index in [2.05, 4.69) is 133 Å². The molecule has 22 heteroatoms. The van der Waals surface area contributed by atoms with Crippen LogP contribution in [-0.4, -0.2) is 43.5 Å². The van der Waals surface area contributed by atoms with Crippen molar-refractivity contribution in [3.63, 3.8) is 0 Å². The molecule has 1 aliphatic rings. The SMILES string of the molecule is CC(=O)OCCCCCNC(=O)NC1=CC(=O)C=C(C)C1.CCOC(C)=O.Cc1ccc(-c2cc3c(-c4cc(F)c(CC(C)C)s4)c4sc(-c5ccc(-c6cc7c(-c8cc(F)c(CC(C)C)s8)c8sc(C)cc8c(-c8cc(F)c(CC(C)C)s8)c7s6)s5)cc4c(-c4cc(F)c(CC(C)C)s4)c3s2)s1. The molecule has 0 bridgehead atoms. The van der Waals surface area contributed by atoms with Gasteiger partial charge in [-0.3, -0.25) is 14.4 Å². The van der Waals surface area contributed by atoms with Gasteiger partial charge in [0, 0.05) is 179 Å². The molecule has 0 aliphatic heterocycles. The van der Waals surface area contributed by atoms with Gasteiger partial charge in [-0.25, -0.2) is 22.4 Å². The summed E-state index contributed by atoms with van der Waals surface area (Å²) in [7, 11) is 0. The predicted molar refractivity (Wildman–Crippen MR) is 438 cm³/mol. The Bertz CT molecular complexity index is 4960. The summed E-state index contributed by atoms with van der Waals surface area (Å²) >= 11 is 16.7. The molecule has 0 saturated heterocycles. The molecular weight excluding hydrogens is 1490 g/mol. The largest absolute Gasteiger partial charge is 0.466 e. The van der Waals surface area contributed by atoms with Gasteiger partial charge in [0.2, 0.25) is 0 Å². The zero-order valence-electron chi connectivity index (χ0n) is 60.2. The summed E-state index contributed by atoms with van der Waals surface area (Å²) in [5, 5.41) is 9.67. The molecule has 2 N–H and O–H groups in total. The number of allylic oxidation sites excluding steroid dienone is 3. The Labute approximate surface area is 640 Å². The van der Waals surface area contributed by atoms with E-state index < -0.39 is 0 Å². The number of rotatable bonds is 23. The summed E-state index contributed by atoms with van der Waals surface area (Å²) in [6.07, 6.45) is 8.72. The van der Waals surface area contributed by atoms with Crippen LogP contribution in [0.25, 0.3) is 111 Å². The van der Waals surface area contributed by atoms with Gasteiger partial charge in [-0.2, -0.15) is 0 Å². The average molecular weight is 1580 g/mol. The van der Waals surface area contributed by atoms with Crippen LogP contribution in [0.15, 0.2) is 96.2 Å². The number of thiophene rings is 10. The fourth-order valence-electron chi connectivity index (χ4n) is 12.5. The maximum Gasteiger partial charge on any atom is 0.318 e. The van der Waals surface area contributed by atoms with Crippen LogP contribution in [0.3, 0.4) is 0 Å². The number of hydrogen-bond donors (Lipinski definition) is 2. The zero-order chi connectivity index (χ0) is 73.8. The Hall–Kier alpha value is -6.44. The Balaban J connectivity index is 0.000000332. The van der Waals surface area contributed by atoms with Gasteiger partial charge in [-0.1, -0.05) is 61.0 Å². The number of urea groups is 1. The smallest absolute Gasteiger partial charge is 0.318 e. The van der Waals surface area contributed by atoms with Crippen molar-refractivity contribution in [2.45, 2.75) is 148 Å². The monoisotopic (exact) mass is 1580 g/mol. The standard InChI is InChI=1S/C62H54F4S10.C15H22N2O4.C4H8O2/c1-27(2)15-44-37(63)23-51(70-44)55-33-19-32(10)68-59(33)56(52-24-38(64)45(71-52)16-28(3)4)34-21-49(75-60(34)55)42-13-14-43(69-42)50-22-36-58(54-26-40(66)47(73-54)18-30(7)8)61-35(20-48(74-61)41-12-11-31(9)67-41)57(62(36)76-50)53-25-39(65)46(72-53)17-29(5)6;1-11-8-13(10-14(19)9-11)17-15(20)16-6-4-3-5-7-21-12(2)18;1-3-6-4(2)5/h11-14,19-30H,15-18H2,1-10H3;9-10H,3-8H2,1-2H3,(H2,16,17,20);3H2,1-2H3. The highest BCUT2D eigenvalue weighted by molar-refractivity contribution is 7.31. The van der Waals surface area contributed by atoms with Gasteiger partial charge in [0.1, 0.15) is 23.3 Å². The molecule has 0 spiro atoms. The van der Waals surface area contributed by atoms with Crippen LogP contribution < -0.4 is 10.6 Å². The molecule has 10 heterocycles. The van der Waals surface area contributed by atoms with Crippen LogP contribution in [0.1, 0.15) is 138 Å². The summed E-state index contributed by atoms with van der Waals surface area (Å²) in [5.41, 5.74) is 5.73. The third-order valence-corrected chi connectivity index (χ3v) is 28.5. The summed E-state index contributed by atoms with van der Waals surface area (Å²) < 4.78 is 77.7. The summed E-state index contributed by atoms with van der Waals surface area (Å²) in [6.45, 7) is 29.2. The Morgan fingerprint density at radius 1 is 0.437 bits per heavy atom. The van der Waals surface area contributed by atoms with Crippen molar-refractivity contribution in [3.8, 4) is 71.0 Å². The number of fused-ring (bicyclic) bond motifs is 4. The molecule has 0 unspecified atom stereocenters. The highest BCUT2D eigenvalue weighted by atomic mass is 32.1. The normalized spacial score (nSPS) is 12.5. The van der Waals surface area contributed by atoms with Crippen molar-refractivity contribution in [2.24, 2.45) is 23.7 Å². The Morgan fingerprint density at radius 2 is 0.825 bits per heavy atom. The third-order valence-electron chi connectivity index (χ3n) is 16.7. The molecule has 0 saturated carbocycles. The van der Waals surface area contributed by atoms with Gasteiger partial charge < -0.3 is 20.1 Å². The number of halogens is 4. The van der Waals surface area contributed by atoms with Gasteiger partial charge in [0.25, 0.3) is 0 Å². The van der Waals surface area contributed by atoms with Gasteiger partial charge >= 0.3 is 18.0 Å². The molecule has 2 amide bonds. The van der Waals surface area contributed by atoms with E-state index in [1.54, 1.807) is 151 Å². The number of benzene rings is 2. The average Bonchev–Trinajstić information content (AvgIpc) is 1.58. The second-order valence-corrected chi connectivity index (χ2v) is 38.9. The molecule has 13 rings (SSSR count). The lowest BCUT2D eigenvalue weighted by Gasteiger charge is -2.13. The van der Waals surface area contributed by atoms with E-state index in [0.717, 1.165) is 156 Å². The molecule has 0 fully saturated rings. The first-order chi connectivity index (χ1) is 49.1. The maximum atomic E-state index is 16.1. The van der Waals surface area contributed by atoms with Gasteiger partial charge in [-0.15, -0.1) is 113 Å². The number of amides is 2. The van der Waals surface area contributed by atoms with Crippen molar-refractivity contribution in [1.29, 1.82) is 0 Å². The molecular formula is C81H84F4N2O6S10. The van der Waals surface area contributed by atoms with E-state index in [9.17, 15) is 19.2 Å². The summed E-state index contributed by atoms with van der Waals surface area (Å²) in [4.78, 5) is 59.2. The second-order valence-electron chi connectivity index (χ2n) is 27.6. The molecule has 542 valence electrons. The topological polar surface area (TPSA) is 111 Å². The molecule has 103 heavy (non-hydrogen) atoms. The van der Waals surface area contributed by atoms with Crippen LogP contribution in [0.4, 0.5) is 22.4 Å². The van der Waals surface area contributed by atoms with E-state index in [0.29, 0.717) is 81.2 Å².